The highest BCUT2D eigenvalue weighted by Gasteiger charge is 2.20. The molecule has 0 amide bonds. The molecule has 5 nitrogen and oxygen atoms in total. The van der Waals surface area contributed by atoms with Crippen LogP contribution in [0.3, 0.4) is 0 Å². The number of hydrogen-bond acceptors (Lipinski definition) is 5. The second-order valence-electron chi connectivity index (χ2n) is 7.94. The molecule has 0 radical (unpaired) electrons. The van der Waals surface area contributed by atoms with E-state index in [9.17, 15) is 0 Å². The van der Waals surface area contributed by atoms with Crippen molar-refractivity contribution in [3.05, 3.63) is 96.0 Å². The zero-order valence-corrected chi connectivity index (χ0v) is 22.5. The lowest BCUT2D eigenvalue weighted by Gasteiger charge is -2.24. The molecule has 1 aromatic rings. The summed E-state index contributed by atoms with van der Waals surface area (Å²) in [6, 6.07) is 5.80. The minimum absolute atomic E-state index is 0.192. The van der Waals surface area contributed by atoms with Crippen molar-refractivity contribution < 1.29 is 18.9 Å². The van der Waals surface area contributed by atoms with Crippen LogP contribution in [0, 0.1) is 11.8 Å². The lowest BCUT2D eigenvalue weighted by Crippen LogP contribution is -2.12. The highest BCUT2D eigenvalue weighted by atomic mass is 16.7. The first-order chi connectivity index (χ1) is 17.0. The van der Waals surface area contributed by atoms with Gasteiger partial charge in [0, 0.05) is 25.6 Å². The average Bonchev–Trinajstić information content (AvgIpc) is 2.91. The van der Waals surface area contributed by atoms with Crippen molar-refractivity contribution in [2.75, 3.05) is 20.5 Å². The van der Waals surface area contributed by atoms with Crippen LogP contribution < -0.4 is 0 Å². The Morgan fingerprint density at radius 1 is 1.23 bits per heavy atom. The zero-order chi connectivity index (χ0) is 26.1. The second kappa shape index (κ2) is 17.4. The van der Waals surface area contributed by atoms with Gasteiger partial charge < -0.3 is 18.9 Å². The van der Waals surface area contributed by atoms with Gasteiger partial charge in [0.1, 0.15) is 29.6 Å². The fourth-order valence-corrected chi connectivity index (χ4v) is 3.23. The molecule has 1 aromatic heterocycles. The Balaban J connectivity index is 0.00000298. The molecule has 1 aliphatic rings. The molecule has 0 aromatic carbocycles. The number of ether oxygens (including phenoxy) is 4. The van der Waals surface area contributed by atoms with Crippen LogP contribution in [0.5, 0.6) is 0 Å². The smallest absolute Gasteiger partial charge is 0.188 e. The van der Waals surface area contributed by atoms with Crippen molar-refractivity contribution in [1.82, 2.24) is 4.98 Å². The van der Waals surface area contributed by atoms with Crippen LogP contribution in [0.25, 0.3) is 5.76 Å². The van der Waals surface area contributed by atoms with Gasteiger partial charge in [-0.1, -0.05) is 53.3 Å². The Bertz CT molecular complexity index is 910. The molecular formula is C30H43NO4. The predicted octanol–water partition coefficient (Wildman–Crippen LogP) is 7.97. The molecule has 0 fully saturated rings. The summed E-state index contributed by atoms with van der Waals surface area (Å²) >= 11 is 0. The largest absolute Gasteiger partial charge is 0.494 e. The van der Waals surface area contributed by atoms with E-state index < -0.39 is 0 Å². The van der Waals surface area contributed by atoms with Crippen molar-refractivity contribution >= 4 is 5.76 Å². The molecule has 0 saturated heterocycles. The SMILES string of the molecule is C=C/C(=C\C=C(\COC1=CC=C(O/C(=C\C)c2ccccn2)C(C)C1)C(C)CC)OCOC.CC. The molecule has 2 atom stereocenters. The lowest BCUT2D eigenvalue weighted by atomic mass is 9.97. The summed E-state index contributed by atoms with van der Waals surface area (Å²) in [6.07, 6.45) is 15.2. The standard InChI is InChI=1S/C28H37NO4.C2H6/c1-7-21(4)23(13-14-24(8-2)32-20-30-6)19-31-25-15-16-28(22(5)18-25)33-27(9-3)26-12-10-11-17-29-26;1-2/h8-17,21-22H,2,7,18-20H2,1,3-6H3;1-2H3/b23-13-,24-14+,27-9-;. The molecule has 0 bridgehead atoms. The monoisotopic (exact) mass is 481 g/mol. The van der Waals surface area contributed by atoms with Crippen LogP contribution in [0.15, 0.2) is 90.3 Å². The van der Waals surface area contributed by atoms with E-state index in [-0.39, 0.29) is 12.7 Å². The summed E-state index contributed by atoms with van der Waals surface area (Å²) in [7, 11) is 1.59. The van der Waals surface area contributed by atoms with Gasteiger partial charge in [-0.05, 0) is 67.3 Å². The molecular weight excluding hydrogens is 438 g/mol. The fraction of sp³-hybridized carbons (Fsp3) is 0.433. The quantitative estimate of drug-likeness (QED) is 0.162. The lowest BCUT2D eigenvalue weighted by molar-refractivity contribution is 0.0101. The van der Waals surface area contributed by atoms with E-state index in [0.29, 0.717) is 18.3 Å². The summed E-state index contributed by atoms with van der Waals surface area (Å²) in [5, 5.41) is 0. The van der Waals surface area contributed by atoms with Gasteiger partial charge in [0.15, 0.2) is 6.79 Å². The maximum Gasteiger partial charge on any atom is 0.188 e. The minimum atomic E-state index is 0.192. The molecule has 1 aliphatic carbocycles. The van der Waals surface area contributed by atoms with E-state index in [1.165, 1.54) is 5.57 Å². The van der Waals surface area contributed by atoms with Gasteiger partial charge in [-0.15, -0.1) is 0 Å². The van der Waals surface area contributed by atoms with Gasteiger partial charge in [0.25, 0.3) is 0 Å². The van der Waals surface area contributed by atoms with E-state index in [2.05, 4.69) is 38.4 Å². The number of hydrogen-bond donors (Lipinski definition) is 0. The Labute approximate surface area is 212 Å². The first-order valence-electron chi connectivity index (χ1n) is 12.5. The van der Waals surface area contributed by atoms with E-state index in [1.807, 2.05) is 63.3 Å². The predicted molar refractivity (Wildman–Crippen MR) is 145 cm³/mol. The summed E-state index contributed by atoms with van der Waals surface area (Å²) in [5.41, 5.74) is 2.02. The van der Waals surface area contributed by atoms with Crippen molar-refractivity contribution in [1.29, 1.82) is 0 Å². The maximum atomic E-state index is 6.19. The number of allylic oxidation sites excluding steroid dienone is 8. The van der Waals surface area contributed by atoms with Crippen molar-refractivity contribution in [2.24, 2.45) is 11.8 Å². The Morgan fingerprint density at radius 2 is 2.00 bits per heavy atom. The summed E-state index contributed by atoms with van der Waals surface area (Å²) in [4.78, 5) is 4.39. The Morgan fingerprint density at radius 3 is 2.57 bits per heavy atom. The first kappa shape index (κ1) is 30.0. The van der Waals surface area contributed by atoms with E-state index in [1.54, 1.807) is 19.4 Å². The van der Waals surface area contributed by atoms with Gasteiger partial charge >= 0.3 is 0 Å². The molecule has 5 heteroatoms. The molecule has 35 heavy (non-hydrogen) atoms. The normalized spacial score (nSPS) is 17.3. The number of nitrogens with zero attached hydrogens (tertiary/aromatic N) is 1. The number of aromatic nitrogens is 1. The van der Waals surface area contributed by atoms with Crippen molar-refractivity contribution in [3.63, 3.8) is 0 Å². The molecule has 0 spiro atoms. The summed E-state index contributed by atoms with van der Waals surface area (Å²) in [5.74, 6) is 3.88. The van der Waals surface area contributed by atoms with E-state index >= 15 is 0 Å². The number of rotatable bonds is 13. The van der Waals surface area contributed by atoms with Crippen LogP contribution in [0.1, 0.15) is 60.1 Å². The third-order valence-corrected chi connectivity index (χ3v) is 5.51. The number of methoxy groups -OCH3 is 1. The summed E-state index contributed by atoms with van der Waals surface area (Å²) in [6.45, 7) is 17.0. The van der Waals surface area contributed by atoms with Gasteiger partial charge in [0.05, 0.1) is 5.76 Å². The topological polar surface area (TPSA) is 49.8 Å². The van der Waals surface area contributed by atoms with Crippen LogP contribution >= 0.6 is 0 Å². The van der Waals surface area contributed by atoms with Crippen molar-refractivity contribution in [3.8, 4) is 0 Å². The summed E-state index contributed by atoms with van der Waals surface area (Å²) < 4.78 is 22.8. The maximum absolute atomic E-state index is 6.19. The molecule has 192 valence electrons. The average molecular weight is 482 g/mol. The fourth-order valence-electron chi connectivity index (χ4n) is 3.23. The van der Waals surface area contributed by atoms with Crippen LogP contribution in [0.4, 0.5) is 0 Å². The first-order valence-corrected chi connectivity index (χ1v) is 12.5. The van der Waals surface area contributed by atoms with Gasteiger partial charge in [-0.2, -0.15) is 0 Å². The van der Waals surface area contributed by atoms with Crippen molar-refractivity contribution in [2.45, 2.75) is 54.4 Å². The van der Waals surface area contributed by atoms with Crippen LogP contribution in [0.2, 0.25) is 0 Å². The zero-order valence-electron chi connectivity index (χ0n) is 22.5. The Kier molecular flexibility index (Phi) is 14.9. The highest BCUT2D eigenvalue weighted by molar-refractivity contribution is 5.56. The van der Waals surface area contributed by atoms with Gasteiger partial charge in [-0.3, -0.25) is 4.98 Å². The molecule has 2 rings (SSSR count). The van der Waals surface area contributed by atoms with Gasteiger partial charge in [-0.25, -0.2) is 0 Å². The molecule has 0 saturated carbocycles. The molecule has 0 N–H and O–H groups in total. The molecule has 2 unspecified atom stereocenters. The van der Waals surface area contributed by atoms with Crippen LogP contribution in [-0.2, 0) is 18.9 Å². The third kappa shape index (κ3) is 10.4. The second-order valence-corrected chi connectivity index (χ2v) is 7.94. The van der Waals surface area contributed by atoms with E-state index in [4.69, 9.17) is 18.9 Å². The number of pyridine rings is 1. The molecule has 1 heterocycles. The Hall–Kier alpha value is -3.05. The minimum Gasteiger partial charge on any atom is -0.494 e. The van der Waals surface area contributed by atoms with Gasteiger partial charge in [0.2, 0.25) is 0 Å². The highest BCUT2D eigenvalue weighted by Crippen LogP contribution is 2.30. The third-order valence-electron chi connectivity index (χ3n) is 5.51. The van der Waals surface area contributed by atoms with Crippen LogP contribution in [-0.4, -0.2) is 25.5 Å². The molecule has 0 aliphatic heterocycles. The van der Waals surface area contributed by atoms with E-state index in [0.717, 1.165) is 35.8 Å².